The molecule has 8 nitrogen and oxygen atoms in total. The van der Waals surface area contributed by atoms with Crippen molar-refractivity contribution in [2.24, 2.45) is 0 Å². The Hall–Kier alpha value is -0.970. The number of furan rings is 1. The van der Waals surface area contributed by atoms with Crippen molar-refractivity contribution < 1.29 is 32.9 Å². The molecule has 4 N–H and O–H groups in total. The molecule has 0 bridgehead atoms. The summed E-state index contributed by atoms with van der Waals surface area (Å²) in [6, 6.07) is 2.71. The number of rotatable bonds is 4. The second-order valence-corrected chi connectivity index (χ2v) is 6.33. The minimum absolute atomic E-state index is 0.252. The van der Waals surface area contributed by atoms with Gasteiger partial charge in [-0.3, -0.25) is 0 Å². The summed E-state index contributed by atoms with van der Waals surface area (Å²) in [4.78, 5) is 0. The first-order valence-corrected chi connectivity index (χ1v) is 7.54. The Balaban J connectivity index is 2.00. The number of aliphatic hydroxyl groups excluding tert-OH is 3. The lowest BCUT2D eigenvalue weighted by atomic mass is 9.96. The van der Waals surface area contributed by atoms with E-state index in [1.807, 2.05) is 0 Å². The van der Waals surface area contributed by atoms with E-state index in [0.29, 0.717) is 0 Å². The zero-order valence-corrected chi connectivity index (χ0v) is 11.5. The maximum absolute atomic E-state index is 11.8. The van der Waals surface area contributed by atoms with Gasteiger partial charge in [-0.15, -0.1) is 0 Å². The molecule has 5 atom stereocenters. The van der Waals surface area contributed by atoms with E-state index in [-0.39, 0.29) is 11.6 Å². The molecule has 0 spiro atoms. The van der Waals surface area contributed by atoms with E-state index in [9.17, 15) is 23.7 Å². The van der Waals surface area contributed by atoms with Crippen LogP contribution >= 0.6 is 0 Å². The Morgan fingerprint density at radius 1 is 1.25 bits per heavy atom. The fourth-order valence-corrected chi connectivity index (χ4v) is 2.95. The highest BCUT2D eigenvalue weighted by molar-refractivity contribution is 7.89. The van der Waals surface area contributed by atoms with Crippen LogP contribution in [0.25, 0.3) is 0 Å². The average Bonchev–Trinajstić information content (AvgIpc) is 2.94. The lowest BCUT2D eigenvalue weighted by molar-refractivity contribution is -0.214. The fraction of sp³-hybridized carbons (Fsp3) is 0.636. The van der Waals surface area contributed by atoms with Crippen LogP contribution in [0.4, 0.5) is 0 Å². The van der Waals surface area contributed by atoms with Crippen LogP contribution in [0.3, 0.4) is 0 Å². The molecule has 0 aromatic carbocycles. The summed E-state index contributed by atoms with van der Waals surface area (Å²) in [5.41, 5.74) is 0. The monoisotopic (exact) mass is 307 g/mol. The second-order valence-electron chi connectivity index (χ2n) is 4.64. The van der Waals surface area contributed by atoms with Gasteiger partial charge in [0.1, 0.15) is 24.4 Å². The zero-order chi connectivity index (χ0) is 14.9. The van der Waals surface area contributed by atoms with Crippen LogP contribution < -0.4 is 4.72 Å². The van der Waals surface area contributed by atoms with Gasteiger partial charge in [-0.2, -0.15) is 0 Å². The Kier molecular flexibility index (Phi) is 4.47. The summed E-state index contributed by atoms with van der Waals surface area (Å²) in [5.74, 6) is 0. The lowest BCUT2D eigenvalue weighted by Gasteiger charge is -2.39. The highest BCUT2D eigenvalue weighted by atomic mass is 32.2. The second kappa shape index (κ2) is 5.80. The molecule has 114 valence electrons. The van der Waals surface area contributed by atoms with Gasteiger partial charge in [-0.05, 0) is 19.1 Å². The van der Waals surface area contributed by atoms with E-state index in [1.54, 1.807) is 0 Å². The van der Waals surface area contributed by atoms with Crippen molar-refractivity contribution >= 4 is 10.0 Å². The molecule has 1 aromatic heterocycles. The maximum atomic E-state index is 11.8. The van der Waals surface area contributed by atoms with Crippen LogP contribution in [0.15, 0.2) is 27.9 Å². The third-order valence-electron chi connectivity index (χ3n) is 3.19. The molecule has 9 heteroatoms. The van der Waals surface area contributed by atoms with E-state index in [0.717, 1.165) is 0 Å². The Morgan fingerprint density at radius 2 is 1.95 bits per heavy atom. The molecule has 1 fully saturated rings. The van der Waals surface area contributed by atoms with Crippen molar-refractivity contribution in [1.29, 1.82) is 0 Å². The molecule has 1 aliphatic rings. The summed E-state index contributed by atoms with van der Waals surface area (Å²) in [7, 11) is -3.84. The van der Waals surface area contributed by atoms with Crippen LogP contribution in [-0.2, 0) is 14.8 Å². The van der Waals surface area contributed by atoms with Crippen molar-refractivity contribution in [1.82, 2.24) is 4.72 Å². The first-order chi connectivity index (χ1) is 9.33. The SMILES string of the molecule is CC1OC(CNS(=O)(=O)c2ccco2)C(O)C(O)C1O. The van der Waals surface area contributed by atoms with Crippen LogP contribution in [0, 0.1) is 0 Å². The van der Waals surface area contributed by atoms with Crippen LogP contribution in [-0.4, -0.2) is 60.8 Å². The largest absolute Gasteiger partial charge is 0.452 e. The Labute approximate surface area is 116 Å². The normalized spacial score (nSPS) is 35.1. The molecule has 20 heavy (non-hydrogen) atoms. The molecule has 1 aromatic rings. The standard InChI is InChI=1S/C11H17NO7S/c1-6-9(13)11(15)10(14)7(19-6)5-12-20(16,17)8-3-2-4-18-8/h2-4,6-7,9-15H,5H2,1H3. The molecule has 1 aliphatic heterocycles. The highest BCUT2D eigenvalue weighted by Crippen LogP contribution is 2.21. The van der Waals surface area contributed by atoms with Crippen LogP contribution in [0.1, 0.15) is 6.92 Å². The molecule has 5 unspecified atom stereocenters. The molecule has 2 heterocycles. The van der Waals surface area contributed by atoms with Gasteiger partial charge in [0.15, 0.2) is 0 Å². The molecule has 1 saturated heterocycles. The van der Waals surface area contributed by atoms with Crippen LogP contribution in [0.5, 0.6) is 0 Å². The van der Waals surface area contributed by atoms with E-state index in [4.69, 9.17) is 9.15 Å². The number of ether oxygens (including phenoxy) is 1. The van der Waals surface area contributed by atoms with Gasteiger partial charge >= 0.3 is 0 Å². The minimum atomic E-state index is -3.84. The number of hydrogen-bond acceptors (Lipinski definition) is 7. The molecular formula is C11H17NO7S. The topological polar surface area (TPSA) is 129 Å². The summed E-state index contributed by atoms with van der Waals surface area (Å²) in [6.07, 6.45) is -4.46. The molecule has 0 aliphatic carbocycles. The number of nitrogens with one attached hydrogen (secondary N) is 1. The first kappa shape index (κ1) is 15.4. The van der Waals surface area contributed by atoms with Gasteiger partial charge in [0.05, 0.1) is 12.4 Å². The van der Waals surface area contributed by atoms with Crippen molar-refractivity contribution in [2.75, 3.05) is 6.54 Å². The van der Waals surface area contributed by atoms with Gasteiger partial charge in [-0.1, -0.05) is 0 Å². The summed E-state index contributed by atoms with van der Waals surface area (Å²) in [6.45, 7) is 1.27. The number of aliphatic hydroxyl groups is 3. The van der Waals surface area contributed by atoms with Gasteiger partial charge in [0, 0.05) is 6.54 Å². The molecule has 0 amide bonds. The molecule has 0 radical (unpaired) electrons. The third kappa shape index (κ3) is 3.03. The smallest absolute Gasteiger partial charge is 0.274 e. The van der Waals surface area contributed by atoms with Gasteiger partial charge in [-0.25, -0.2) is 13.1 Å². The maximum Gasteiger partial charge on any atom is 0.274 e. The molecule has 2 rings (SSSR count). The predicted octanol–water partition coefficient (Wildman–Crippen LogP) is -1.57. The zero-order valence-electron chi connectivity index (χ0n) is 10.7. The quantitative estimate of drug-likeness (QED) is 0.528. The predicted molar refractivity (Wildman–Crippen MR) is 66.3 cm³/mol. The molecule has 0 saturated carbocycles. The fourth-order valence-electron chi connectivity index (χ4n) is 1.98. The van der Waals surface area contributed by atoms with E-state index >= 15 is 0 Å². The number of hydrogen-bond donors (Lipinski definition) is 4. The minimum Gasteiger partial charge on any atom is -0.452 e. The van der Waals surface area contributed by atoms with Gasteiger partial charge < -0.3 is 24.5 Å². The summed E-state index contributed by atoms with van der Waals surface area (Å²) >= 11 is 0. The highest BCUT2D eigenvalue weighted by Gasteiger charge is 2.42. The number of sulfonamides is 1. The van der Waals surface area contributed by atoms with Crippen molar-refractivity contribution in [3.8, 4) is 0 Å². The van der Waals surface area contributed by atoms with Crippen molar-refractivity contribution in [3.05, 3.63) is 18.4 Å². The molecular weight excluding hydrogens is 290 g/mol. The van der Waals surface area contributed by atoms with Crippen LogP contribution in [0.2, 0.25) is 0 Å². The van der Waals surface area contributed by atoms with E-state index < -0.39 is 40.5 Å². The summed E-state index contributed by atoms with van der Waals surface area (Å²) < 4.78 is 35.9. The summed E-state index contributed by atoms with van der Waals surface area (Å²) in [5, 5.41) is 28.7. The first-order valence-electron chi connectivity index (χ1n) is 6.06. The lowest BCUT2D eigenvalue weighted by Crippen LogP contribution is -2.59. The van der Waals surface area contributed by atoms with Crippen molar-refractivity contribution in [2.45, 2.75) is 42.5 Å². The van der Waals surface area contributed by atoms with Crippen molar-refractivity contribution in [3.63, 3.8) is 0 Å². The van der Waals surface area contributed by atoms with Gasteiger partial charge in [0.2, 0.25) is 5.09 Å². The third-order valence-corrected chi connectivity index (χ3v) is 4.49. The Bertz CT molecular complexity index is 529. The van der Waals surface area contributed by atoms with Gasteiger partial charge in [0.25, 0.3) is 10.0 Å². The van der Waals surface area contributed by atoms with E-state index in [2.05, 4.69) is 4.72 Å². The van der Waals surface area contributed by atoms with E-state index in [1.165, 1.54) is 25.3 Å². The Morgan fingerprint density at radius 3 is 2.55 bits per heavy atom. The average molecular weight is 307 g/mol.